The summed E-state index contributed by atoms with van der Waals surface area (Å²) in [5.41, 5.74) is 4.56. The first kappa shape index (κ1) is 17.2. The Morgan fingerprint density at radius 2 is 1.56 bits per heavy atom. The first-order valence-corrected chi connectivity index (χ1v) is 8.68. The molecule has 1 heterocycles. The summed E-state index contributed by atoms with van der Waals surface area (Å²) < 4.78 is 0. The molecule has 1 atom stereocenters. The van der Waals surface area contributed by atoms with Crippen LogP contribution in [0.3, 0.4) is 0 Å². The van der Waals surface area contributed by atoms with Gasteiger partial charge < -0.3 is 10.2 Å². The molecule has 130 valence electrons. The summed E-state index contributed by atoms with van der Waals surface area (Å²) >= 11 is 0. The molecule has 2 aromatic rings. The number of carbonyl (C=O) groups is 2. The Labute approximate surface area is 148 Å². The Morgan fingerprint density at radius 3 is 2.16 bits per heavy atom. The van der Waals surface area contributed by atoms with E-state index < -0.39 is 0 Å². The highest BCUT2D eigenvalue weighted by Gasteiger charge is 2.34. The Kier molecular flexibility index (Phi) is 5.17. The van der Waals surface area contributed by atoms with Crippen molar-refractivity contribution in [1.29, 1.82) is 0 Å². The molecule has 1 aliphatic rings. The normalized spacial score (nSPS) is 17.0. The third-order valence-corrected chi connectivity index (χ3v) is 4.67. The molecular formula is C21H24N2O2. The summed E-state index contributed by atoms with van der Waals surface area (Å²) in [5, 5.41) is 2.95. The van der Waals surface area contributed by atoms with Gasteiger partial charge in [-0.05, 0) is 25.0 Å². The van der Waals surface area contributed by atoms with E-state index in [2.05, 4.69) is 5.32 Å². The van der Waals surface area contributed by atoms with Gasteiger partial charge in [0.05, 0.1) is 5.92 Å². The zero-order chi connectivity index (χ0) is 17.8. The quantitative estimate of drug-likeness (QED) is 0.912. The zero-order valence-electron chi connectivity index (χ0n) is 14.8. The summed E-state index contributed by atoms with van der Waals surface area (Å²) in [4.78, 5) is 26.4. The molecule has 0 aliphatic carbocycles. The van der Waals surface area contributed by atoms with Crippen LogP contribution in [0.15, 0.2) is 48.5 Å². The molecule has 3 rings (SSSR count). The molecule has 0 saturated carbocycles. The third kappa shape index (κ3) is 4.47. The van der Waals surface area contributed by atoms with Gasteiger partial charge in [0.25, 0.3) is 0 Å². The lowest BCUT2D eigenvalue weighted by molar-refractivity contribution is -0.129. The maximum absolute atomic E-state index is 12.4. The van der Waals surface area contributed by atoms with Crippen LogP contribution in [0.2, 0.25) is 0 Å². The first-order valence-electron chi connectivity index (χ1n) is 8.68. The number of benzene rings is 2. The fourth-order valence-electron chi connectivity index (χ4n) is 3.05. The number of carbonyl (C=O) groups excluding carboxylic acids is 2. The zero-order valence-corrected chi connectivity index (χ0v) is 14.8. The number of aryl methyl sites for hydroxylation is 2. The number of nitrogens with zero attached hydrogens (tertiary/aromatic N) is 1. The standard InChI is InChI=1S/C21H24N2O2/c1-15-3-7-17(8-4-15)12-22-21(25)19-11-20(24)23(14-19)13-18-9-5-16(2)6-10-18/h3-10,19H,11-14H2,1-2H3,(H,22,25)/t19-/m1/s1. The van der Waals surface area contributed by atoms with Crippen LogP contribution in [-0.2, 0) is 22.7 Å². The molecule has 0 spiro atoms. The van der Waals surface area contributed by atoms with Gasteiger partial charge >= 0.3 is 0 Å². The van der Waals surface area contributed by atoms with E-state index in [1.165, 1.54) is 11.1 Å². The van der Waals surface area contributed by atoms with Crippen LogP contribution in [0.1, 0.15) is 28.7 Å². The molecule has 0 radical (unpaired) electrons. The molecule has 0 unspecified atom stereocenters. The molecule has 4 heteroatoms. The molecule has 2 amide bonds. The number of amides is 2. The molecule has 2 aromatic carbocycles. The van der Waals surface area contributed by atoms with Crippen molar-refractivity contribution in [1.82, 2.24) is 10.2 Å². The van der Waals surface area contributed by atoms with E-state index in [-0.39, 0.29) is 17.7 Å². The third-order valence-electron chi connectivity index (χ3n) is 4.67. The second-order valence-corrected chi connectivity index (χ2v) is 6.86. The number of rotatable bonds is 5. The molecular weight excluding hydrogens is 312 g/mol. The van der Waals surface area contributed by atoms with Crippen LogP contribution in [0.4, 0.5) is 0 Å². The number of likely N-dealkylation sites (tertiary alicyclic amines) is 1. The van der Waals surface area contributed by atoms with Crippen molar-refractivity contribution in [3.8, 4) is 0 Å². The predicted molar refractivity (Wildman–Crippen MR) is 97.7 cm³/mol. The van der Waals surface area contributed by atoms with Crippen LogP contribution in [-0.4, -0.2) is 23.3 Å². The summed E-state index contributed by atoms with van der Waals surface area (Å²) in [5.74, 6) is -0.250. The van der Waals surface area contributed by atoms with E-state index in [9.17, 15) is 9.59 Å². The van der Waals surface area contributed by atoms with E-state index in [4.69, 9.17) is 0 Å². The highest BCUT2D eigenvalue weighted by atomic mass is 16.2. The van der Waals surface area contributed by atoms with E-state index in [1.807, 2.05) is 62.4 Å². The Balaban J connectivity index is 1.53. The summed E-state index contributed by atoms with van der Waals surface area (Å²) in [6.07, 6.45) is 0.297. The minimum Gasteiger partial charge on any atom is -0.352 e. The van der Waals surface area contributed by atoms with Crippen molar-refractivity contribution >= 4 is 11.8 Å². The second-order valence-electron chi connectivity index (χ2n) is 6.86. The van der Waals surface area contributed by atoms with Gasteiger partial charge in [-0.15, -0.1) is 0 Å². The minimum absolute atomic E-state index is 0.0414. The van der Waals surface area contributed by atoms with E-state index >= 15 is 0 Å². The molecule has 0 aromatic heterocycles. The second kappa shape index (κ2) is 7.51. The van der Waals surface area contributed by atoms with Crippen molar-refractivity contribution in [3.63, 3.8) is 0 Å². The number of hydrogen-bond donors (Lipinski definition) is 1. The smallest absolute Gasteiger partial charge is 0.225 e. The summed E-state index contributed by atoms with van der Waals surface area (Å²) in [6, 6.07) is 16.2. The number of nitrogens with one attached hydrogen (secondary N) is 1. The average Bonchev–Trinajstić information content (AvgIpc) is 2.97. The van der Waals surface area contributed by atoms with E-state index in [0.29, 0.717) is 26.1 Å². The summed E-state index contributed by atoms with van der Waals surface area (Å²) in [7, 11) is 0. The Morgan fingerprint density at radius 1 is 1.00 bits per heavy atom. The van der Waals surface area contributed by atoms with Gasteiger partial charge in [-0.1, -0.05) is 59.7 Å². The lowest BCUT2D eigenvalue weighted by Gasteiger charge is -2.17. The van der Waals surface area contributed by atoms with Gasteiger partial charge in [-0.2, -0.15) is 0 Å². The van der Waals surface area contributed by atoms with Crippen LogP contribution in [0.5, 0.6) is 0 Å². The van der Waals surface area contributed by atoms with Crippen molar-refractivity contribution in [2.75, 3.05) is 6.54 Å². The molecule has 1 fully saturated rings. The highest BCUT2D eigenvalue weighted by molar-refractivity contribution is 5.89. The van der Waals surface area contributed by atoms with E-state index in [1.54, 1.807) is 4.90 Å². The average molecular weight is 336 g/mol. The molecule has 1 aliphatic heterocycles. The molecule has 1 saturated heterocycles. The Hall–Kier alpha value is -2.62. The minimum atomic E-state index is -0.261. The van der Waals surface area contributed by atoms with Crippen LogP contribution in [0.25, 0.3) is 0 Å². The van der Waals surface area contributed by atoms with Crippen molar-refractivity contribution in [2.45, 2.75) is 33.4 Å². The van der Waals surface area contributed by atoms with Gasteiger partial charge in [0.15, 0.2) is 0 Å². The topological polar surface area (TPSA) is 49.4 Å². The lowest BCUT2D eigenvalue weighted by atomic mass is 10.1. The summed E-state index contributed by atoms with van der Waals surface area (Å²) in [6.45, 7) is 5.64. The van der Waals surface area contributed by atoms with Gasteiger partial charge in [-0.25, -0.2) is 0 Å². The van der Waals surface area contributed by atoms with Crippen LogP contribution in [0, 0.1) is 19.8 Å². The van der Waals surface area contributed by atoms with Crippen molar-refractivity contribution in [3.05, 3.63) is 70.8 Å². The molecule has 1 N–H and O–H groups in total. The van der Waals surface area contributed by atoms with Gasteiger partial charge in [0.1, 0.15) is 0 Å². The van der Waals surface area contributed by atoms with Crippen molar-refractivity contribution < 1.29 is 9.59 Å². The fraction of sp³-hybridized carbons (Fsp3) is 0.333. The van der Waals surface area contributed by atoms with E-state index in [0.717, 1.165) is 11.1 Å². The largest absolute Gasteiger partial charge is 0.352 e. The monoisotopic (exact) mass is 336 g/mol. The van der Waals surface area contributed by atoms with Crippen LogP contribution >= 0.6 is 0 Å². The van der Waals surface area contributed by atoms with Crippen molar-refractivity contribution in [2.24, 2.45) is 5.92 Å². The van der Waals surface area contributed by atoms with Gasteiger partial charge in [-0.3, -0.25) is 9.59 Å². The first-order chi connectivity index (χ1) is 12.0. The highest BCUT2D eigenvalue weighted by Crippen LogP contribution is 2.20. The lowest BCUT2D eigenvalue weighted by Crippen LogP contribution is -2.32. The number of hydrogen-bond acceptors (Lipinski definition) is 2. The molecule has 4 nitrogen and oxygen atoms in total. The maximum atomic E-state index is 12.4. The SMILES string of the molecule is Cc1ccc(CNC(=O)[C@@H]2CC(=O)N(Cc3ccc(C)cc3)C2)cc1. The predicted octanol–water partition coefficient (Wildman–Crippen LogP) is 2.97. The molecule has 25 heavy (non-hydrogen) atoms. The van der Waals surface area contributed by atoms with Gasteiger partial charge in [0, 0.05) is 26.1 Å². The van der Waals surface area contributed by atoms with Gasteiger partial charge in [0.2, 0.25) is 11.8 Å². The Bertz CT molecular complexity index is 750. The molecule has 0 bridgehead atoms. The fourth-order valence-corrected chi connectivity index (χ4v) is 3.05. The van der Waals surface area contributed by atoms with Crippen LogP contribution < -0.4 is 5.32 Å². The maximum Gasteiger partial charge on any atom is 0.225 e.